The summed E-state index contributed by atoms with van der Waals surface area (Å²) in [7, 11) is -4.20. The van der Waals surface area contributed by atoms with E-state index in [9.17, 15) is 39.6 Å². The van der Waals surface area contributed by atoms with Gasteiger partial charge in [0.25, 0.3) is 5.91 Å². The predicted octanol–water partition coefficient (Wildman–Crippen LogP) is 7.44. The molecule has 0 unspecified atom stereocenters. The lowest BCUT2D eigenvalue weighted by atomic mass is 9.93. The molecule has 1 amide bonds. The van der Waals surface area contributed by atoms with Gasteiger partial charge in [0.05, 0.1) is 47.9 Å². The van der Waals surface area contributed by atoms with Crippen LogP contribution in [0, 0.1) is 0 Å². The van der Waals surface area contributed by atoms with Crippen LogP contribution in [0.1, 0.15) is 59.8 Å². The number of amides is 1. The van der Waals surface area contributed by atoms with Crippen LogP contribution in [0.25, 0.3) is 22.2 Å². The van der Waals surface area contributed by atoms with Gasteiger partial charge < -0.3 is 14.8 Å². The van der Waals surface area contributed by atoms with Gasteiger partial charge >= 0.3 is 12.4 Å². The van der Waals surface area contributed by atoms with Crippen molar-refractivity contribution in [3.63, 3.8) is 0 Å². The average Bonchev–Trinajstić information content (AvgIpc) is 3.16. The molecular weight excluding hydrogens is 751 g/mol. The number of aromatic nitrogens is 1. The second-order valence-electron chi connectivity index (χ2n) is 13.5. The highest BCUT2D eigenvalue weighted by Gasteiger charge is 2.43. The van der Waals surface area contributed by atoms with E-state index in [1.807, 2.05) is 4.90 Å². The topological polar surface area (TPSA) is 101 Å². The van der Waals surface area contributed by atoms with Gasteiger partial charge in [-0.25, -0.2) is 13.4 Å². The van der Waals surface area contributed by atoms with E-state index in [0.29, 0.717) is 26.3 Å². The van der Waals surface area contributed by atoms with Gasteiger partial charge in [-0.2, -0.15) is 26.3 Å². The van der Waals surface area contributed by atoms with Crippen molar-refractivity contribution >= 4 is 26.6 Å². The van der Waals surface area contributed by atoms with Crippen LogP contribution in [-0.2, 0) is 27.3 Å². The number of piperidine rings is 1. The lowest BCUT2D eigenvalue weighted by molar-refractivity contribution is -0.155. The highest BCUT2D eigenvalue weighted by Crippen LogP contribution is 2.41. The Labute approximate surface area is 315 Å². The van der Waals surface area contributed by atoms with Crippen LogP contribution >= 0.6 is 0 Å². The first-order valence-corrected chi connectivity index (χ1v) is 19.8. The van der Waals surface area contributed by atoms with Crippen LogP contribution in [0.3, 0.4) is 0 Å². The van der Waals surface area contributed by atoms with Gasteiger partial charge in [0.15, 0.2) is 15.9 Å². The van der Waals surface area contributed by atoms with Gasteiger partial charge in [-0.1, -0.05) is 49.4 Å². The Balaban J connectivity index is 1.60. The molecule has 296 valence electrons. The van der Waals surface area contributed by atoms with Gasteiger partial charge in [0.2, 0.25) is 0 Å². The second-order valence-corrected chi connectivity index (χ2v) is 15.7. The minimum absolute atomic E-state index is 0.0361. The molecule has 4 aromatic rings. The van der Waals surface area contributed by atoms with Crippen molar-refractivity contribution in [1.29, 1.82) is 0 Å². The molecule has 0 bridgehead atoms. The molecular formula is C39H42F6N4O5S. The quantitative estimate of drug-likeness (QED) is 0.157. The summed E-state index contributed by atoms with van der Waals surface area (Å²) in [6.07, 6.45) is -8.28. The van der Waals surface area contributed by atoms with Crippen molar-refractivity contribution in [2.24, 2.45) is 0 Å². The van der Waals surface area contributed by atoms with Gasteiger partial charge in [0, 0.05) is 42.2 Å². The van der Waals surface area contributed by atoms with Gasteiger partial charge in [-0.05, 0) is 62.7 Å². The largest absolute Gasteiger partial charge is 0.492 e. The van der Waals surface area contributed by atoms with E-state index < -0.39 is 50.4 Å². The summed E-state index contributed by atoms with van der Waals surface area (Å²) in [5.41, 5.74) is -2.10. The van der Waals surface area contributed by atoms with Crippen LogP contribution in [0.2, 0.25) is 0 Å². The Morgan fingerprint density at radius 1 is 0.945 bits per heavy atom. The molecule has 2 saturated heterocycles. The van der Waals surface area contributed by atoms with Crippen molar-refractivity contribution in [3.05, 3.63) is 89.0 Å². The number of sulfone groups is 1. The molecule has 1 aromatic heterocycles. The number of hydrogen-bond donors (Lipinski definition) is 1. The zero-order chi connectivity index (χ0) is 39.5. The number of halogens is 6. The van der Waals surface area contributed by atoms with Crippen molar-refractivity contribution in [2.45, 2.75) is 62.6 Å². The number of alkyl halides is 6. The van der Waals surface area contributed by atoms with E-state index in [1.165, 1.54) is 55.5 Å². The Hall–Kier alpha value is -4.25. The standard InChI is InChI=1S/C39H42F6N4O5S/c1-3-54-31-14-13-29-32(37(50)47-36(39(43,44)45)25-9-6-5-7-10-25)30(24-48-17-15-28(16-18-48)49-19-21-53-22-20-49)33(46-34(29)35(31)55(51,52)4-2)26-11-8-12-27(23-26)38(40,41)42/h5-14,23,28,36H,3-4,15-22,24H2,1-2H3,(H,47,50)/t36-/m1/s1. The summed E-state index contributed by atoms with van der Waals surface area (Å²) >= 11 is 0. The van der Waals surface area contributed by atoms with Crippen LogP contribution in [0.4, 0.5) is 26.3 Å². The fourth-order valence-corrected chi connectivity index (χ4v) is 8.52. The molecule has 2 aliphatic rings. The summed E-state index contributed by atoms with van der Waals surface area (Å²) in [6.45, 7) is 6.78. The summed E-state index contributed by atoms with van der Waals surface area (Å²) < 4.78 is 125. The van der Waals surface area contributed by atoms with Gasteiger partial charge in [-0.3, -0.25) is 14.6 Å². The smallest absolute Gasteiger partial charge is 0.416 e. The van der Waals surface area contributed by atoms with E-state index >= 15 is 0 Å². The maximum atomic E-state index is 14.7. The summed E-state index contributed by atoms with van der Waals surface area (Å²) in [5.74, 6) is -1.74. The van der Waals surface area contributed by atoms with E-state index in [4.69, 9.17) is 14.5 Å². The number of benzene rings is 3. The Kier molecular flexibility index (Phi) is 12.1. The molecule has 6 rings (SSSR count). The second kappa shape index (κ2) is 16.5. The van der Waals surface area contributed by atoms with Crippen LogP contribution in [-0.4, -0.2) is 93.1 Å². The zero-order valence-electron chi connectivity index (χ0n) is 30.3. The van der Waals surface area contributed by atoms with E-state index in [-0.39, 0.29) is 63.8 Å². The Bertz CT molecular complexity index is 2100. The molecule has 55 heavy (non-hydrogen) atoms. The SMILES string of the molecule is CCOc1ccc2c(C(=O)N[C@H](c3ccccc3)C(F)(F)F)c(CN3CCC(N4CCOCC4)CC3)c(-c3cccc(C(F)(F)F)c3)nc2c1S(=O)(=O)CC. The third kappa shape index (κ3) is 8.92. The molecule has 2 fully saturated rings. The average molecular weight is 793 g/mol. The number of nitrogens with one attached hydrogen (secondary N) is 1. The number of ether oxygens (including phenoxy) is 2. The fraction of sp³-hybridized carbons (Fsp3) is 0.436. The van der Waals surface area contributed by atoms with Gasteiger partial charge in [0.1, 0.15) is 10.6 Å². The van der Waals surface area contributed by atoms with E-state index in [0.717, 1.165) is 44.1 Å². The fourth-order valence-electron chi connectivity index (χ4n) is 7.35. The third-order valence-electron chi connectivity index (χ3n) is 10.1. The number of carbonyl (C=O) groups excluding carboxylic acids is 1. The maximum absolute atomic E-state index is 14.7. The summed E-state index contributed by atoms with van der Waals surface area (Å²) in [6, 6.07) is 11.5. The van der Waals surface area contributed by atoms with Gasteiger partial charge in [-0.15, -0.1) is 0 Å². The highest BCUT2D eigenvalue weighted by atomic mass is 32.2. The maximum Gasteiger partial charge on any atom is 0.416 e. The molecule has 0 spiro atoms. The first-order chi connectivity index (χ1) is 26.1. The number of hydrogen-bond acceptors (Lipinski definition) is 8. The molecule has 0 radical (unpaired) electrons. The van der Waals surface area contributed by atoms with Crippen LogP contribution in [0.5, 0.6) is 5.75 Å². The number of morpholine rings is 1. The third-order valence-corrected chi connectivity index (χ3v) is 11.9. The molecule has 0 saturated carbocycles. The number of likely N-dealkylation sites (tertiary alicyclic amines) is 1. The molecule has 1 atom stereocenters. The van der Waals surface area contributed by atoms with E-state index in [1.54, 1.807) is 6.92 Å². The molecule has 3 aromatic carbocycles. The molecule has 9 nitrogen and oxygen atoms in total. The molecule has 2 aliphatic heterocycles. The monoisotopic (exact) mass is 792 g/mol. The predicted molar refractivity (Wildman–Crippen MR) is 194 cm³/mol. The van der Waals surface area contributed by atoms with Crippen LogP contribution < -0.4 is 10.1 Å². The van der Waals surface area contributed by atoms with Crippen molar-refractivity contribution in [1.82, 2.24) is 20.1 Å². The zero-order valence-corrected chi connectivity index (χ0v) is 31.2. The Morgan fingerprint density at radius 3 is 2.25 bits per heavy atom. The first-order valence-electron chi connectivity index (χ1n) is 18.1. The normalized spacial score (nSPS) is 17.3. The Morgan fingerprint density at radius 2 is 1.64 bits per heavy atom. The minimum atomic E-state index is -4.95. The lowest BCUT2D eigenvalue weighted by Gasteiger charge is -2.40. The first kappa shape index (κ1) is 40.4. The minimum Gasteiger partial charge on any atom is -0.492 e. The highest BCUT2D eigenvalue weighted by molar-refractivity contribution is 7.91. The van der Waals surface area contributed by atoms with Crippen molar-refractivity contribution in [3.8, 4) is 17.0 Å². The number of carbonyl (C=O) groups is 1. The molecule has 16 heteroatoms. The van der Waals surface area contributed by atoms with E-state index in [2.05, 4.69) is 10.2 Å². The summed E-state index contributed by atoms with van der Waals surface area (Å²) in [4.78, 5) is 23.3. The molecule has 3 heterocycles. The molecule has 1 N–H and O–H groups in total. The number of pyridine rings is 1. The lowest BCUT2D eigenvalue weighted by Crippen LogP contribution is -2.48. The summed E-state index contributed by atoms with van der Waals surface area (Å²) in [5, 5.41) is 2.06. The molecule has 0 aliphatic carbocycles. The number of nitrogens with zero attached hydrogens (tertiary/aromatic N) is 3. The number of fused-ring (bicyclic) bond motifs is 1. The van der Waals surface area contributed by atoms with Crippen molar-refractivity contribution in [2.75, 3.05) is 51.8 Å². The van der Waals surface area contributed by atoms with Crippen LogP contribution in [0.15, 0.2) is 71.6 Å². The van der Waals surface area contributed by atoms with Crippen molar-refractivity contribution < 1.29 is 49.0 Å². The number of rotatable bonds is 11.